The van der Waals surface area contributed by atoms with E-state index in [4.69, 9.17) is 9.47 Å². The predicted molar refractivity (Wildman–Crippen MR) is 310 cm³/mol. The molecular weight excluding hydrogens is 938 g/mol. The van der Waals surface area contributed by atoms with Crippen molar-refractivity contribution in [3.8, 4) is 45.3 Å². The van der Waals surface area contributed by atoms with E-state index in [-0.39, 0.29) is 13.4 Å². The highest BCUT2D eigenvalue weighted by Gasteiger charge is 2.46. The lowest BCUT2D eigenvalue weighted by Gasteiger charge is -2.45. The molecule has 74 heavy (non-hydrogen) atoms. The molecule has 0 aromatic heterocycles. The largest absolute Gasteiger partial charge is 0.457 e. The second-order valence-electron chi connectivity index (χ2n) is 19.2. The molecule has 0 spiro atoms. The van der Waals surface area contributed by atoms with E-state index >= 15 is 0 Å². The number of benzene rings is 11. The first-order chi connectivity index (χ1) is 36.7. The Morgan fingerprint density at radius 1 is 0.270 bits per heavy atom. The van der Waals surface area contributed by atoms with E-state index in [0.717, 1.165) is 68.2 Å². The van der Waals surface area contributed by atoms with Crippen molar-refractivity contribution in [1.82, 2.24) is 0 Å². The van der Waals surface area contributed by atoms with Gasteiger partial charge in [-0.15, -0.1) is 0 Å². The maximum Gasteiger partial charge on any atom is 0.252 e. The van der Waals surface area contributed by atoms with Gasteiger partial charge in [-0.25, -0.2) is 0 Å². The quantitative estimate of drug-likeness (QED) is 0.141. The average molecular weight is 981 g/mol. The fraction of sp³-hybridized carbons (Fsp3) is 0. The molecule has 15 rings (SSSR count). The van der Waals surface area contributed by atoms with E-state index in [1.165, 1.54) is 63.5 Å². The summed E-state index contributed by atoms with van der Waals surface area (Å²) < 4.78 is 13.8. The molecule has 4 nitrogen and oxygen atoms in total. The fourth-order valence-electron chi connectivity index (χ4n) is 11.6. The Morgan fingerprint density at radius 3 is 1.30 bits per heavy atom. The van der Waals surface area contributed by atoms with Gasteiger partial charge in [-0.05, 0) is 123 Å². The van der Waals surface area contributed by atoms with Gasteiger partial charge >= 0.3 is 0 Å². The number of ether oxygens (including phenoxy) is 2. The molecule has 0 N–H and O–H groups in total. The van der Waals surface area contributed by atoms with Crippen molar-refractivity contribution in [3.63, 3.8) is 0 Å². The second kappa shape index (κ2) is 17.6. The molecule has 0 saturated carbocycles. The molecule has 0 saturated heterocycles. The first-order valence-corrected chi connectivity index (χ1v) is 26.7. The molecular formula is C66H42B2N2O2S2. The van der Waals surface area contributed by atoms with Gasteiger partial charge in [0.2, 0.25) is 6.71 Å². The van der Waals surface area contributed by atoms with Crippen LogP contribution < -0.4 is 52.1 Å². The summed E-state index contributed by atoms with van der Waals surface area (Å²) in [6, 6.07) is 91.6. The van der Waals surface area contributed by atoms with Crippen molar-refractivity contribution in [1.29, 1.82) is 0 Å². The van der Waals surface area contributed by atoms with Crippen LogP contribution in [0.5, 0.6) is 23.0 Å². The average Bonchev–Trinajstić information content (AvgIpc) is 3.51. The van der Waals surface area contributed by atoms with Crippen LogP contribution in [0.2, 0.25) is 0 Å². The van der Waals surface area contributed by atoms with Crippen molar-refractivity contribution >= 4 is 104 Å². The first-order valence-electron chi connectivity index (χ1n) is 25.1. The van der Waals surface area contributed by atoms with Gasteiger partial charge in [-0.3, -0.25) is 0 Å². The Bertz CT molecular complexity index is 3980. The number of fused-ring (bicyclic) bond motifs is 8. The summed E-state index contributed by atoms with van der Waals surface area (Å²) in [6.45, 7) is -0.0354. The molecule has 0 amide bonds. The second-order valence-corrected chi connectivity index (χ2v) is 21.3. The van der Waals surface area contributed by atoms with Gasteiger partial charge < -0.3 is 19.3 Å². The third kappa shape index (κ3) is 7.20. The van der Waals surface area contributed by atoms with Gasteiger partial charge in [-0.1, -0.05) is 198 Å². The van der Waals surface area contributed by atoms with Crippen LogP contribution in [0.25, 0.3) is 22.3 Å². The summed E-state index contributed by atoms with van der Waals surface area (Å²) in [4.78, 5) is 9.89. The van der Waals surface area contributed by atoms with Gasteiger partial charge in [0.1, 0.15) is 23.0 Å². The molecule has 0 radical (unpaired) electrons. The maximum atomic E-state index is 7.00. The molecule has 4 aliphatic rings. The molecule has 8 heteroatoms. The zero-order chi connectivity index (χ0) is 48.7. The molecule has 4 aliphatic heterocycles. The van der Waals surface area contributed by atoms with E-state index in [0.29, 0.717) is 0 Å². The highest BCUT2D eigenvalue weighted by atomic mass is 32.2. The van der Waals surface area contributed by atoms with Gasteiger partial charge in [0.15, 0.2) is 0 Å². The van der Waals surface area contributed by atoms with Crippen LogP contribution in [0.15, 0.2) is 274 Å². The minimum absolute atomic E-state index is 0.0351. The fourth-order valence-corrected chi connectivity index (χ4v) is 14.1. The van der Waals surface area contributed by atoms with Crippen molar-refractivity contribution in [2.75, 3.05) is 9.80 Å². The Labute approximate surface area is 440 Å². The summed E-state index contributed by atoms with van der Waals surface area (Å²) >= 11 is 3.71. The smallest absolute Gasteiger partial charge is 0.252 e. The van der Waals surface area contributed by atoms with Crippen molar-refractivity contribution in [2.24, 2.45) is 0 Å². The van der Waals surface area contributed by atoms with Crippen molar-refractivity contribution in [3.05, 3.63) is 255 Å². The Balaban J connectivity index is 0.911. The lowest BCUT2D eigenvalue weighted by atomic mass is 9.31. The highest BCUT2D eigenvalue weighted by Crippen LogP contribution is 2.49. The molecule has 0 bridgehead atoms. The summed E-state index contributed by atoms with van der Waals surface area (Å²) in [5.74, 6) is 3.19. The molecule has 4 heterocycles. The minimum Gasteiger partial charge on any atom is -0.457 e. The number of para-hydroxylation sites is 3. The van der Waals surface area contributed by atoms with E-state index in [1.807, 2.05) is 23.5 Å². The number of hydrogen-bond donors (Lipinski definition) is 0. The Morgan fingerprint density at radius 2 is 0.716 bits per heavy atom. The van der Waals surface area contributed by atoms with E-state index < -0.39 is 0 Å². The van der Waals surface area contributed by atoms with Crippen LogP contribution >= 0.6 is 23.5 Å². The zero-order valence-corrected chi connectivity index (χ0v) is 41.6. The predicted octanol–water partition coefficient (Wildman–Crippen LogP) is 14.1. The van der Waals surface area contributed by atoms with Gasteiger partial charge in [-0.2, -0.15) is 0 Å². The van der Waals surface area contributed by atoms with Gasteiger partial charge in [0.05, 0.1) is 0 Å². The van der Waals surface area contributed by atoms with Gasteiger partial charge in [0, 0.05) is 65.8 Å². The molecule has 0 fully saturated rings. The SMILES string of the molecule is c1ccc(-c2ccc(Oc3cc4c5c(c3)Sc3cc6c(cc3B5c3ccccc3S4)B3c4ccccc4N(c4ccccc4)c4cc(Oc5ccc(-c7ccccc7)cc5)cc(c43)N6c3ccccc3)cc2)cc1. The molecule has 11 aromatic rings. The third-order valence-electron chi connectivity index (χ3n) is 14.9. The minimum atomic E-state index is -0.0706. The molecule has 346 valence electrons. The van der Waals surface area contributed by atoms with Crippen LogP contribution in [0.1, 0.15) is 0 Å². The van der Waals surface area contributed by atoms with E-state index in [1.54, 1.807) is 0 Å². The van der Waals surface area contributed by atoms with Crippen LogP contribution in [0.4, 0.5) is 34.1 Å². The monoisotopic (exact) mass is 980 g/mol. The molecule has 0 aliphatic carbocycles. The molecule has 0 unspecified atom stereocenters. The summed E-state index contributed by atoms with van der Waals surface area (Å²) in [5.41, 5.74) is 19.2. The standard InChI is InChI=1S/C66H42B2N2O2S2/c1-5-17-43(18-6-1)45-29-33-49(34-30-45)71-51-37-59-65-60(38-51)70(48-23-11-4-12-24-48)58-42-62-56(41-55(58)67(65)53-25-13-15-27-57(53)69(59)47-21-9-3-10-22-47)68-54-26-14-16-28-61(54)73-63-39-52(40-64(74-62)66(63)68)72-50-35-31-46(32-36-50)44-19-7-2-8-20-44/h1-42H. The van der Waals surface area contributed by atoms with Crippen LogP contribution in [-0.2, 0) is 0 Å². The zero-order valence-electron chi connectivity index (χ0n) is 39.9. The number of rotatable bonds is 8. The lowest BCUT2D eigenvalue weighted by molar-refractivity contribution is 0.480. The normalized spacial score (nSPS) is 13.2. The van der Waals surface area contributed by atoms with E-state index in [9.17, 15) is 0 Å². The topological polar surface area (TPSA) is 24.9 Å². The number of anilines is 6. The van der Waals surface area contributed by atoms with Crippen LogP contribution in [0.3, 0.4) is 0 Å². The highest BCUT2D eigenvalue weighted by molar-refractivity contribution is 8.01. The molecule has 0 atom stereocenters. The van der Waals surface area contributed by atoms with Crippen molar-refractivity contribution in [2.45, 2.75) is 19.6 Å². The first kappa shape index (κ1) is 43.1. The van der Waals surface area contributed by atoms with Crippen LogP contribution in [0, 0.1) is 0 Å². The molecule has 11 aromatic carbocycles. The third-order valence-corrected chi connectivity index (χ3v) is 17.1. The Kier molecular flexibility index (Phi) is 10.2. The van der Waals surface area contributed by atoms with Crippen molar-refractivity contribution < 1.29 is 9.47 Å². The summed E-state index contributed by atoms with van der Waals surface area (Å²) in [7, 11) is 0. The summed E-state index contributed by atoms with van der Waals surface area (Å²) in [6.07, 6.45) is 0. The summed E-state index contributed by atoms with van der Waals surface area (Å²) in [5, 5.41) is 0. The number of nitrogens with zero attached hydrogens (tertiary/aromatic N) is 2. The van der Waals surface area contributed by atoms with Crippen LogP contribution in [-0.4, -0.2) is 13.4 Å². The Hall–Kier alpha value is -8.55. The lowest BCUT2D eigenvalue weighted by Crippen LogP contribution is -2.64. The van der Waals surface area contributed by atoms with Gasteiger partial charge in [0.25, 0.3) is 6.71 Å². The number of hydrogen-bond acceptors (Lipinski definition) is 6. The van der Waals surface area contributed by atoms with E-state index in [2.05, 4.69) is 265 Å². The maximum absolute atomic E-state index is 7.00.